The van der Waals surface area contributed by atoms with Crippen LogP contribution in [0.1, 0.15) is 64.4 Å². The van der Waals surface area contributed by atoms with Gasteiger partial charge in [0, 0.05) is 69.2 Å². The first kappa shape index (κ1) is 40.3. The Kier molecular flexibility index (Phi) is 12.7. The molecule has 0 heterocycles. The fraction of sp³-hybridized carbons (Fsp3) is 0.0476. The maximum atomic E-state index is 15.2. The zero-order valence-electron chi connectivity index (χ0n) is 29.1. The summed E-state index contributed by atoms with van der Waals surface area (Å²) in [4.78, 5) is 57.6. The zero-order chi connectivity index (χ0) is 40.1. The lowest BCUT2D eigenvalue weighted by Crippen LogP contribution is -2.24. The average Bonchev–Trinajstić information content (AvgIpc) is 3.19. The van der Waals surface area contributed by atoms with Gasteiger partial charge in [0.05, 0.1) is 16.0 Å². The molecule has 0 fully saturated rings. The number of rotatable bonds is 11. The number of carbonyl (C=O) groups excluding carboxylic acids is 2. The molecule has 282 valence electrons. The molecule has 0 aromatic heterocycles. The van der Waals surface area contributed by atoms with E-state index in [1.54, 1.807) is 97.1 Å². The fourth-order valence-corrected chi connectivity index (χ4v) is 10.1. The number of fused-ring (bicyclic) bond motifs is 2. The van der Waals surface area contributed by atoms with Gasteiger partial charge in [-0.25, -0.2) is 9.59 Å². The number of benzene rings is 6. The van der Waals surface area contributed by atoms with Crippen LogP contribution in [0.25, 0.3) is 0 Å². The molecule has 0 atom stereocenters. The Labute approximate surface area is 337 Å². The van der Waals surface area contributed by atoms with Gasteiger partial charge in [0.2, 0.25) is 0 Å². The maximum Gasteiger partial charge on any atom is 0.336 e. The predicted octanol–water partition coefficient (Wildman–Crippen LogP) is 8.76. The van der Waals surface area contributed by atoms with Gasteiger partial charge in [0.1, 0.15) is 5.75 Å². The normalized spacial score (nSPS) is 11.7. The largest absolute Gasteiger partial charge is 0.507 e. The van der Waals surface area contributed by atoms with Gasteiger partial charge in [-0.2, -0.15) is 0 Å². The monoisotopic (exact) mass is 822 g/mol. The summed E-state index contributed by atoms with van der Waals surface area (Å²) in [7, 11) is 1.00. The Morgan fingerprint density at radius 2 is 0.768 bits per heavy atom. The van der Waals surface area contributed by atoms with E-state index in [-0.39, 0.29) is 44.7 Å². The lowest BCUT2D eigenvalue weighted by atomic mass is 9.84. The van der Waals surface area contributed by atoms with Crippen LogP contribution in [-0.4, -0.2) is 61.3 Å². The fourth-order valence-electron chi connectivity index (χ4n) is 5.89. The number of aromatic hydroxyl groups is 1. The van der Waals surface area contributed by atoms with E-state index in [4.69, 9.17) is 5.11 Å². The standard InChI is InChI=1S/C41H26O9S4.CH4O/c42-24-12-4-8-16-28(24)54-32-20-19-31(53-27-15-7-3-11-23(27)41(49)50)35-36(32)38(44)34-30(52-26-14-6-2-10-22(26)40(47)48)18-17-29(33(34)37(35)43)51-25-13-5-1-9-21(25)39(45)46;1-2/h1-20,41-42,49-50H,(H,45,46)(H,47,48);2H,1H3. The molecule has 0 bridgehead atoms. The average molecular weight is 823 g/mol. The van der Waals surface area contributed by atoms with Crippen molar-refractivity contribution in [2.75, 3.05) is 7.11 Å². The molecule has 0 aliphatic heterocycles. The highest BCUT2D eigenvalue weighted by molar-refractivity contribution is 8.00. The first-order valence-corrected chi connectivity index (χ1v) is 19.8. The van der Waals surface area contributed by atoms with Crippen molar-refractivity contribution < 1.29 is 49.8 Å². The quantitative estimate of drug-likeness (QED) is 0.0679. The number of hydrogen-bond acceptors (Lipinski definition) is 12. The summed E-state index contributed by atoms with van der Waals surface area (Å²) in [6, 6.07) is 32.3. The third kappa shape index (κ3) is 8.13. The van der Waals surface area contributed by atoms with Crippen LogP contribution in [0.4, 0.5) is 0 Å². The third-order valence-electron chi connectivity index (χ3n) is 8.34. The smallest absolute Gasteiger partial charge is 0.336 e. The summed E-state index contributed by atoms with van der Waals surface area (Å²) in [5.41, 5.74) is 0.309. The molecule has 0 spiro atoms. The van der Waals surface area contributed by atoms with Crippen LogP contribution >= 0.6 is 47.0 Å². The molecule has 0 radical (unpaired) electrons. The van der Waals surface area contributed by atoms with Crippen molar-refractivity contribution in [3.05, 3.63) is 160 Å². The lowest BCUT2D eigenvalue weighted by molar-refractivity contribution is -0.0445. The van der Waals surface area contributed by atoms with E-state index in [0.29, 0.717) is 39.2 Å². The van der Waals surface area contributed by atoms with Crippen LogP contribution in [0.5, 0.6) is 5.75 Å². The van der Waals surface area contributed by atoms with Gasteiger partial charge in [0.15, 0.2) is 17.9 Å². The van der Waals surface area contributed by atoms with E-state index in [9.17, 15) is 35.1 Å². The Bertz CT molecular complexity index is 2520. The SMILES string of the molecule is CO.O=C(O)c1ccccc1Sc1ccc(Sc2ccccc2C(=O)O)c2c1C(=O)c1c(Sc3ccccc3O)ccc(Sc3ccccc3C(O)O)c1C2=O. The van der Waals surface area contributed by atoms with Gasteiger partial charge in [-0.3, -0.25) is 9.59 Å². The number of para-hydroxylation sites is 1. The van der Waals surface area contributed by atoms with Gasteiger partial charge in [-0.15, -0.1) is 0 Å². The molecule has 6 N–H and O–H groups in total. The molecule has 10 nitrogen and oxygen atoms in total. The van der Waals surface area contributed by atoms with Gasteiger partial charge in [-0.1, -0.05) is 102 Å². The Morgan fingerprint density at radius 1 is 0.446 bits per heavy atom. The van der Waals surface area contributed by atoms with Gasteiger partial charge >= 0.3 is 11.9 Å². The Morgan fingerprint density at radius 3 is 1.16 bits per heavy atom. The van der Waals surface area contributed by atoms with Crippen LogP contribution in [-0.2, 0) is 0 Å². The van der Waals surface area contributed by atoms with Gasteiger partial charge in [-0.05, 0) is 66.7 Å². The molecular weight excluding hydrogens is 793 g/mol. The van der Waals surface area contributed by atoms with Crippen molar-refractivity contribution in [2.24, 2.45) is 0 Å². The molecule has 0 saturated carbocycles. The molecule has 0 unspecified atom stereocenters. The minimum atomic E-state index is -1.82. The number of ketones is 2. The maximum absolute atomic E-state index is 15.2. The summed E-state index contributed by atoms with van der Waals surface area (Å²) in [5, 5.41) is 57.8. The Hall–Kier alpha value is -5.32. The van der Waals surface area contributed by atoms with E-state index in [1.165, 1.54) is 24.3 Å². The topological polar surface area (TPSA) is 190 Å². The second-order valence-electron chi connectivity index (χ2n) is 11.7. The highest BCUT2D eigenvalue weighted by Gasteiger charge is 2.39. The molecule has 1 aliphatic carbocycles. The summed E-state index contributed by atoms with van der Waals surface area (Å²) < 4.78 is 0. The first-order valence-electron chi connectivity index (χ1n) is 16.5. The van der Waals surface area contributed by atoms with Crippen LogP contribution < -0.4 is 0 Å². The van der Waals surface area contributed by atoms with Crippen molar-refractivity contribution in [3.63, 3.8) is 0 Å². The second kappa shape index (κ2) is 17.6. The molecule has 7 rings (SSSR count). The highest BCUT2D eigenvalue weighted by atomic mass is 32.2. The predicted molar refractivity (Wildman–Crippen MR) is 213 cm³/mol. The number of carboxylic acid groups (broad SMARTS) is 2. The molecular formula is C42H30O10S4. The second-order valence-corrected chi connectivity index (χ2v) is 16.0. The van der Waals surface area contributed by atoms with E-state index in [2.05, 4.69) is 0 Å². The number of aromatic carboxylic acids is 2. The third-order valence-corrected chi connectivity index (χ3v) is 12.9. The van der Waals surface area contributed by atoms with Crippen LogP contribution in [0.15, 0.2) is 160 Å². The van der Waals surface area contributed by atoms with Crippen LogP contribution in [0, 0.1) is 0 Å². The number of aliphatic hydroxyl groups excluding tert-OH is 2. The molecule has 6 aromatic rings. The first-order chi connectivity index (χ1) is 27.0. The van der Waals surface area contributed by atoms with E-state index in [1.807, 2.05) is 0 Å². The number of carboxylic acids is 2. The van der Waals surface area contributed by atoms with E-state index >= 15 is 9.59 Å². The van der Waals surface area contributed by atoms with E-state index < -0.39 is 29.8 Å². The summed E-state index contributed by atoms with van der Waals surface area (Å²) in [6.07, 6.45) is -1.82. The molecule has 14 heteroatoms. The highest BCUT2D eigenvalue weighted by Crippen LogP contribution is 2.49. The Balaban J connectivity index is 0.00000262. The molecule has 0 saturated heterocycles. The minimum absolute atomic E-state index is 0.000656. The number of carbonyl (C=O) groups is 4. The van der Waals surface area contributed by atoms with Crippen molar-refractivity contribution in [3.8, 4) is 5.75 Å². The minimum Gasteiger partial charge on any atom is -0.507 e. The summed E-state index contributed by atoms with van der Waals surface area (Å²) in [5.74, 6) is -3.47. The number of phenolic OH excluding ortho intramolecular Hbond substituents is 1. The zero-order valence-corrected chi connectivity index (χ0v) is 32.3. The van der Waals surface area contributed by atoms with Crippen LogP contribution in [0.3, 0.4) is 0 Å². The van der Waals surface area contributed by atoms with Crippen molar-refractivity contribution in [1.29, 1.82) is 0 Å². The molecule has 1 aliphatic rings. The number of aliphatic hydroxyl groups is 3. The molecule has 56 heavy (non-hydrogen) atoms. The van der Waals surface area contributed by atoms with Crippen molar-refractivity contribution in [1.82, 2.24) is 0 Å². The van der Waals surface area contributed by atoms with Crippen molar-refractivity contribution in [2.45, 2.75) is 45.5 Å². The van der Waals surface area contributed by atoms with Crippen LogP contribution in [0.2, 0.25) is 0 Å². The van der Waals surface area contributed by atoms with Gasteiger partial charge in [0.25, 0.3) is 0 Å². The van der Waals surface area contributed by atoms with Crippen molar-refractivity contribution >= 4 is 70.6 Å². The van der Waals surface area contributed by atoms with E-state index in [0.717, 1.165) is 54.2 Å². The summed E-state index contributed by atoms with van der Waals surface area (Å²) in [6.45, 7) is 0. The molecule has 6 aromatic carbocycles. The summed E-state index contributed by atoms with van der Waals surface area (Å²) >= 11 is 4.21. The lowest BCUT2D eigenvalue weighted by Gasteiger charge is -2.26. The number of hydrogen-bond donors (Lipinski definition) is 6. The van der Waals surface area contributed by atoms with Gasteiger partial charge < -0.3 is 30.6 Å². The molecule has 0 amide bonds. The number of phenols is 1.